The number of carbonyl (C=O) groups excluding carboxylic acids is 1. The molecule has 12 heavy (non-hydrogen) atoms. The quantitative estimate of drug-likeness (QED) is 0.546. The lowest BCUT2D eigenvalue weighted by Gasteiger charge is -2.22. The SMILES string of the molecule is NC(=O)CONC1CCOCC1. The second kappa shape index (κ2) is 5.08. The van der Waals surface area contributed by atoms with Crippen LogP contribution in [0.5, 0.6) is 0 Å². The van der Waals surface area contributed by atoms with Gasteiger partial charge in [0, 0.05) is 19.3 Å². The molecule has 0 spiro atoms. The summed E-state index contributed by atoms with van der Waals surface area (Å²) in [5, 5.41) is 0. The van der Waals surface area contributed by atoms with Gasteiger partial charge in [-0.25, -0.2) is 0 Å². The number of amides is 1. The lowest BCUT2D eigenvalue weighted by atomic mass is 10.1. The third-order valence-electron chi connectivity index (χ3n) is 1.69. The van der Waals surface area contributed by atoms with Crippen LogP contribution in [0, 0.1) is 0 Å². The maximum atomic E-state index is 10.3. The van der Waals surface area contributed by atoms with Crippen LogP contribution in [0.4, 0.5) is 0 Å². The number of hydroxylamine groups is 1. The van der Waals surface area contributed by atoms with Gasteiger partial charge in [-0.2, -0.15) is 5.48 Å². The van der Waals surface area contributed by atoms with E-state index >= 15 is 0 Å². The monoisotopic (exact) mass is 174 g/mol. The number of hydrogen-bond acceptors (Lipinski definition) is 4. The molecule has 0 aliphatic carbocycles. The number of nitrogens with one attached hydrogen (secondary N) is 1. The normalized spacial score (nSPS) is 19.3. The Labute approximate surface area is 71.2 Å². The van der Waals surface area contributed by atoms with Gasteiger partial charge in [0.2, 0.25) is 5.91 Å². The van der Waals surface area contributed by atoms with Crippen molar-refractivity contribution in [2.75, 3.05) is 19.8 Å². The van der Waals surface area contributed by atoms with Crippen molar-refractivity contribution in [3.63, 3.8) is 0 Å². The molecule has 0 unspecified atom stereocenters. The molecule has 0 aromatic carbocycles. The molecule has 0 aromatic heterocycles. The van der Waals surface area contributed by atoms with Gasteiger partial charge in [0.1, 0.15) is 6.61 Å². The van der Waals surface area contributed by atoms with Gasteiger partial charge in [-0.05, 0) is 12.8 Å². The van der Waals surface area contributed by atoms with Crippen LogP contribution in [0.1, 0.15) is 12.8 Å². The Balaban J connectivity index is 2.01. The molecule has 0 aromatic rings. The number of nitrogens with two attached hydrogens (primary N) is 1. The highest BCUT2D eigenvalue weighted by Crippen LogP contribution is 2.05. The largest absolute Gasteiger partial charge is 0.381 e. The molecule has 0 saturated carbocycles. The summed E-state index contributed by atoms with van der Waals surface area (Å²) < 4.78 is 5.14. The first-order valence-corrected chi connectivity index (χ1v) is 4.02. The Bertz CT molecular complexity index is 146. The first kappa shape index (κ1) is 9.44. The van der Waals surface area contributed by atoms with E-state index in [4.69, 9.17) is 15.3 Å². The number of carbonyl (C=O) groups is 1. The predicted molar refractivity (Wildman–Crippen MR) is 42.1 cm³/mol. The van der Waals surface area contributed by atoms with Gasteiger partial charge < -0.3 is 10.5 Å². The summed E-state index contributed by atoms with van der Waals surface area (Å²) in [5.74, 6) is -0.463. The fraction of sp³-hybridized carbons (Fsp3) is 0.857. The van der Waals surface area contributed by atoms with E-state index in [-0.39, 0.29) is 12.6 Å². The van der Waals surface area contributed by atoms with Crippen molar-refractivity contribution >= 4 is 5.91 Å². The van der Waals surface area contributed by atoms with Gasteiger partial charge in [-0.3, -0.25) is 9.63 Å². The second-order valence-corrected chi connectivity index (χ2v) is 2.76. The van der Waals surface area contributed by atoms with Crippen molar-refractivity contribution in [1.29, 1.82) is 0 Å². The van der Waals surface area contributed by atoms with Crippen molar-refractivity contribution in [2.24, 2.45) is 5.73 Å². The predicted octanol–water partition coefficient (Wildman–Crippen LogP) is -0.828. The van der Waals surface area contributed by atoms with Crippen molar-refractivity contribution in [3.05, 3.63) is 0 Å². The maximum absolute atomic E-state index is 10.3. The number of ether oxygens (including phenoxy) is 1. The molecule has 1 aliphatic rings. The minimum Gasteiger partial charge on any atom is -0.381 e. The minimum atomic E-state index is -0.463. The first-order valence-electron chi connectivity index (χ1n) is 4.02. The van der Waals surface area contributed by atoms with Crippen molar-refractivity contribution < 1.29 is 14.4 Å². The van der Waals surface area contributed by atoms with E-state index < -0.39 is 5.91 Å². The maximum Gasteiger partial charge on any atom is 0.245 e. The van der Waals surface area contributed by atoms with Crippen molar-refractivity contribution in [1.82, 2.24) is 5.48 Å². The molecular formula is C7H14N2O3. The first-order chi connectivity index (χ1) is 5.79. The average molecular weight is 174 g/mol. The summed E-state index contributed by atoms with van der Waals surface area (Å²) >= 11 is 0. The topological polar surface area (TPSA) is 73.6 Å². The van der Waals surface area contributed by atoms with E-state index in [0.29, 0.717) is 0 Å². The van der Waals surface area contributed by atoms with Crippen LogP contribution in [0.25, 0.3) is 0 Å². The Morgan fingerprint density at radius 2 is 2.25 bits per heavy atom. The molecule has 1 rings (SSSR count). The van der Waals surface area contributed by atoms with E-state index in [1.165, 1.54) is 0 Å². The summed E-state index contributed by atoms with van der Waals surface area (Å²) in [6, 6.07) is 0.290. The Kier molecular flexibility index (Phi) is 3.99. The van der Waals surface area contributed by atoms with E-state index in [2.05, 4.69) is 5.48 Å². The van der Waals surface area contributed by atoms with Gasteiger partial charge in [0.15, 0.2) is 0 Å². The van der Waals surface area contributed by atoms with E-state index in [1.54, 1.807) is 0 Å². The van der Waals surface area contributed by atoms with Gasteiger partial charge >= 0.3 is 0 Å². The molecule has 1 amide bonds. The molecule has 0 radical (unpaired) electrons. The Hall–Kier alpha value is -0.650. The average Bonchev–Trinajstić information content (AvgIpc) is 2.05. The van der Waals surface area contributed by atoms with Gasteiger partial charge in [-0.15, -0.1) is 0 Å². The van der Waals surface area contributed by atoms with Crippen LogP contribution < -0.4 is 11.2 Å². The highest BCUT2D eigenvalue weighted by molar-refractivity contribution is 5.74. The zero-order chi connectivity index (χ0) is 8.81. The molecule has 0 atom stereocenters. The highest BCUT2D eigenvalue weighted by atomic mass is 16.6. The zero-order valence-electron chi connectivity index (χ0n) is 6.91. The van der Waals surface area contributed by atoms with Crippen LogP contribution >= 0.6 is 0 Å². The molecule has 1 aliphatic heterocycles. The zero-order valence-corrected chi connectivity index (χ0v) is 6.91. The Morgan fingerprint density at radius 3 is 2.83 bits per heavy atom. The van der Waals surface area contributed by atoms with Crippen LogP contribution in [-0.4, -0.2) is 31.8 Å². The minimum absolute atomic E-state index is 0.0721. The highest BCUT2D eigenvalue weighted by Gasteiger charge is 2.13. The van der Waals surface area contributed by atoms with Crippen LogP contribution in [0.3, 0.4) is 0 Å². The van der Waals surface area contributed by atoms with Gasteiger partial charge in [-0.1, -0.05) is 0 Å². The number of primary amides is 1. The van der Waals surface area contributed by atoms with Crippen LogP contribution in [-0.2, 0) is 14.4 Å². The Morgan fingerprint density at radius 1 is 1.58 bits per heavy atom. The fourth-order valence-corrected chi connectivity index (χ4v) is 1.05. The molecule has 70 valence electrons. The third-order valence-corrected chi connectivity index (χ3v) is 1.69. The van der Waals surface area contributed by atoms with Crippen LogP contribution in [0.2, 0.25) is 0 Å². The third kappa shape index (κ3) is 3.66. The summed E-state index contributed by atoms with van der Waals surface area (Å²) in [4.78, 5) is 15.1. The summed E-state index contributed by atoms with van der Waals surface area (Å²) in [6.07, 6.45) is 1.83. The van der Waals surface area contributed by atoms with Crippen LogP contribution in [0.15, 0.2) is 0 Å². The molecule has 1 heterocycles. The number of rotatable bonds is 4. The molecule has 5 nitrogen and oxygen atoms in total. The fourth-order valence-electron chi connectivity index (χ4n) is 1.05. The van der Waals surface area contributed by atoms with E-state index in [1.807, 2.05) is 0 Å². The standard InChI is InChI=1S/C7H14N2O3/c8-7(10)5-12-9-6-1-3-11-4-2-6/h6,9H,1-5H2,(H2,8,10). The summed E-state index contributed by atoms with van der Waals surface area (Å²) in [5.41, 5.74) is 7.65. The number of hydrogen-bond donors (Lipinski definition) is 2. The van der Waals surface area contributed by atoms with Gasteiger partial charge in [0.05, 0.1) is 0 Å². The van der Waals surface area contributed by atoms with E-state index in [0.717, 1.165) is 26.1 Å². The molecule has 0 bridgehead atoms. The molecule has 5 heteroatoms. The molecule has 1 saturated heterocycles. The van der Waals surface area contributed by atoms with Gasteiger partial charge in [0.25, 0.3) is 0 Å². The lowest BCUT2D eigenvalue weighted by Crippen LogP contribution is -2.36. The second-order valence-electron chi connectivity index (χ2n) is 2.76. The molecule has 1 fully saturated rings. The molecule has 3 N–H and O–H groups in total. The summed E-state index contributed by atoms with van der Waals surface area (Å²) in [7, 11) is 0. The van der Waals surface area contributed by atoms with Crippen molar-refractivity contribution in [2.45, 2.75) is 18.9 Å². The summed E-state index contributed by atoms with van der Waals surface area (Å²) in [6.45, 7) is 1.42. The lowest BCUT2D eigenvalue weighted by molar-refractivity contribution is -0.126. The van der Waals surface area contributed by atoms with Crippen molar-refractivity contribution in [3.8, 4) is 0 Å². The van der Waals surface area contributed by atoms with E-state index in [9.17, 15) is 4.79 Å². The smallest absolute Gasteiger partial charge is 0.245 e. The molecular weight excluding hydrogens is 160 g/mol.